The highest BCUT2D eigenvalue weighted by molar-refractivity contribution is 7.07. The lowest BCUT2D eigenvalue weighted by Crippen LogP contribution is -2.19. The maximum Gasteiger partial charge on any atom is 0.394 e. The minimum Gasteiger partial charge on any atom is -0.433 e. The fourth-order valence-electron chi connectivity index (χ4n) is 2.61. The molecular formula is C19H13F2N5O2S. The second-order valence-electron chi connectivity index (χ2n) is 6.05. The van der Waals surface area contributed by atoms with Gasteiger partial charge < -0.3 is 10.1 Å². The summed E-state index contributed by atoms with van der Waals surface area (Å²) in [5, 5.41) is 4.29. The third kappa shape index (κ3) is 4.32. The number of aromatic nitrogens is 4. The van der Waals surface area contributed by atoms with Gasteiger partial charge in [0.1, 0.15) is 23.3 Å². The number of alkyl halides is 2. The van der Waals surface area contributed by atoms with E-state index in [0.717, 1.165) is 0 Å². The molecule has 4 aromatic rings. The summed E-state index contributed by atoms with van der Waals surface area (Å²) in [5.74, 6) is -0.181. The first-order valence-electron chi connectivity index (χ1n) is 8.38. The van der Waals surface area contributed by atoms with Gasteiger partial charge in [0.2, 0.25) is 0 Å². The maximum absolute atomic E-state index is 13.1. The van der Waals surface area contributed by atoms with Gasteiger partial charge in [-0.05, 0) is 24.3 Å². The normalized spacial score (nSPS) is 11.4. The molecule has 0 fully saturated rings. The van der Waals surface area contributed by atoms with Gasteiger partial charge in [0.15, 0.2) is 5.82 Å². The Morgan fingerprint density at radius 1 is 1.17 bits per heavy atom. The van der Waals surface area contributed by atoms with Crippen molar-refractivity contribution in [3.8, 4) is 17.0 Å². The van der Waals surface area contributed by atoms with Crippen LogP contribution in [0.3, 0.4) is 0 Å². The van der Waals surface area contributed by atoms with Crippen LogP contribution in [0.2, 0.25) is 0 Å². The van der Waals surface area contributed by atoms with Gasteiger partial charge in [-0.1, -0.05) is 12.1 Å². The molecule has 0 unspecified atom stereocenters. The Hall–Kier alpha value is -3.53. The molecule has 0 aliphatic carbocycles. The fourth-order valence-corrected chi connectivity index (χ4v) is 3.15. The number of carbonyl (C=O) groups excluding carboxylic acids is 1. The number of carbonyl (C=O) groups is 1. The first kappa shape index (κ1) is 18.8. The van der Waals surface area contributed by atoms with Crippen LogP contribution in [0.15, 0.2) is 53.6 Å². The van der Waals surface area contributed by atoms with Crippen LogP contribution in [0.4, 0.5) is 14.6 Å². The second-order valence-corrected chi connectivity index (χ2v) is 6.77. The average molecular weight is 413 g/mol. The van der Waals surface area contributed by atoms with E-state index >= 15 is 0 Å². The van der Waals surface area contributed by atoms with Gasteiger partial charge in [-0.25, -0.2) is 19.9 Å². The first-order valence-corrected chi connectivity index (χ1v) is 9.32. The van der Waals surface area contributed by atoms with Crippen molar-refractivity contribution >= 4 is 34.1 Å². The highest BCUT2D eigenvalue weighted by Gasteiger charge is 2.23. The van der Waals surface area contributed by atoms with Crippen LogP contribution < -0.4 is 10.1 Å². The van der Waals surface area contributed by atoms with E-state index in [2.05, 4.69) is 30.0 Å². The average Bonchev–Trinajstić information content (AvgIpc) is 3.22. The summed E-state index contributed by atoms with van der Waals surface area (Å²) in [4.78, 5) is 29.0. The molecule has 29 heavy (non-hydrogen) atoms. The zero-order valence-electron chi connectivity index (χ0n) is 15.0. The number of amides is 1. The van der Waals surface area contributed by atoms with Crippen LogP contribution >= 0.6 is 11.3 Å². The molecule has 4 rings (SSSR count). The van der Waals surface area contributed by atoms with Crippen molar-refractivity contribution in [2.24, 2.45) is 0 Å². The first-order chi connectivity index (χ1) is 13.9. The molecule has 0 bridgehead atoms. The lowest BCUT2D eigenvalue weighted by Gasteiger charge is -2.13. The molecule has 0 saturated heterocycles. The molecule has 0 aliphatic heterocycles. The molecule has 0 atom stereocenters. The number of fused-ring (bicyclic) bond motifs is 1. The molecule has 10 heteroatoms. The van der Waals surface area contributed by atoms with Gasteiger partial charge in [0, 0.05) is 17.9 Å². The maximum atomic E-state index is 13.1. The van der Waals surface area contributed by atoms with E-state index in [0.29, 0.717) is 29.2 Å². The quantitative estimate of drug-likeness (QED) is 0.522. The topological polar surface area (TPSA) is 89.9 Å². The van der Waals surface area contributed by atoms with E-state index in [1.165, 1.54) is 29.8 Å². The van der Waals surface area contributed by atoms with Crippen molar-refractivity contribution in [3.63, 3.8) is 0 Å². The monoisotopic (exact) mass is 413 g/mol. The van der Waals surface area contributed by atoms with E-state index in [4.69, 9.17) is 0 Å². The van der Waals surface area contributed by atoms with Crippen LogP contribution in [0, 0.1) is 0 Å². The number of nitrogens with one attached hydrogen (secondary N) is 1. The fraction of sp³-hybridized carbons (Fsp3) is 0.105. The molecular weight excluding hydrogens is 400 g/mol. The molecule has 3 heterocycles. The van der Waals surface area contributed by atoms with E-state index in [1.54, 1.807) is 35.2 Å². The van der Waals surface area contributed by atoms with Crippen molar-refractivity contribution in [1.82, 2.24) is 19.9 Å². The Morgan fingerprint density at radius 2 is 2.03 bits per heavy atom. The van der Waals surface area contributed by atoms with E-state index in [9.17, 15) is 13.6 Å². The van der Waals surface area contributed by atoms with Gasteiger partial charge in [-0.15, -0.1) is 11.3 Å². The molecule has 0 saturated carbocycles. The van der Waals surface area contributed by atoms with Crippen molar-refractivity contribution < 1.29 is 18.3 Å². The standard InChI is InChI=1S/C19H13F2N5O2S/c1-19(20,21)28-12-4-2-3-11(7-12)13-5-6-14-16(25-13)17(23-9-22-14)26-18(27)15-8-29-10-24-15/h2-10H,1H3,(H,22,23,26,27). The lowest BCUT2D eigenvalue weighted by atomic mass is 10.1. The minimum atomic E-state index is -3.30. The number of thiazole rings is 1. The predicted octanol–water partition coefficient (Wildman–Crippen LogP) is 4.39. The molecule has 0 spiro atoms. The zero-order chi connectivity index (χ0) is 20.4. The van der Waals surface area contributed by atoms with Crippen LogP contribution in [-0.4, -0.2) is 32.0 Å². The zero-order valence-corrected chi connectivity index (χ0v) is 15.8. The minimum absolute atomic E-state index is 0.0123. The van der Waals surface area contributed by atoms with Crippen LogP contribution in [0.25, 0.3) is 22.3 Å². The molecule has 1 N–H and O–H groups in total. The van der Waals surface area contributed by atoms with Gasteiger partial charge in [0.25, 0.3) is 5.91 Å². The SMILES string of the molecule is CC(F)(F)Oc1cccc(-c2ccc3ncnc(NC(=O)c4cscn4)c3n2)c1. The summed E-state index contributed by atoms with van der Waals surface area (Å²) in [7, 11) is 0. The van der Waals surface area contributed by atoms with Gasteiger partial charge >= 0.3 is 6.11 Å². The lowest BCUT2D eigenvalue weighted by molar-refractivity contribution is -0.158. The Balaban J connectivity index is 1.70. The Labute approximate surface area is 167 Å². The molecule has 146 valence electrons. The Morgan fingerprint density at radius 3 is 2.79 bits per heavy atom. The van der Waals surface area contributed by atoms with E-state index < -0.39 is 12.0 Å². The van der Waals surface area contributed by atoms with Crippen molar-refractivity contribution in [2.45, 2.75) is 13.0 Å². The number of hydrogen-bond acceptors (Lipinski definition) is 7. The highest BCUT2D eigenvalue weighted by atomic mass is 32.1. The number of pyridine rings is 1. The van der Waals surface area contributed by atoms with Crippen LogP contribution in [0.1, 0.15) is 17.4 Å². The number of ether oxygens (including phenoxy) is 1. The van der Waals surface area contributed by atoms with Crippen molar-refractivity contribution in [3.05, 3.63) is 59.3 Å². The number of anilines is 1. The summed E-state index contributed by atoms with van der Waals surface area (Å²) in [5.41, 5.74) is 3.75. The summed E-state index contributed by atoms with van der Waals surface area (Å²) in [6.07, 6.45) is -1.98. The molecule has 0 aliphatic rings. The Bertz CT molecular complexity index is 1180. The number of rotatable bonds is 5. The summed E-state index contributed by atoms with van der Waals surface area (Å²) in [6.45, 7) is 0.669. The van der Waals surface area contributed by atoms with E-state index in [1.807, 2.05) is 0 Å². The highest BCUT2D eigenvalue weighted by Crippen LogP contribution is 2.28. The number of hydrogen-bond donors (Lipinski definition) is 1. The predicted molar refractivity (Wildman–Crippen MR) is 104 cm³/mol. The second kappa shape index (κ2) is 7.47. The van der Waals surface area contributed by atoms with Gasteiger partial charge in [-0.3, -0.25) is 4.79 Å². The van der Waals surface area contributed by atoms with Gasteiger partial charge in [-0.2, -0.15) is 8.78 Å². The van der Waals surface area contributed by atoms with Crippen LogP contribution in [0.5, 0.6) is 5.75 Å². The van der Waals surface area contributed by atoms with Crippen molar-refractivity contribution in [2.75, 3.05) is 5.32 Å². The smallest absolute Gasteiger partial charge is 0.394 e. The molecule has 0 radical (unpaired) electrons. The molecule has 7 nitrogen and oxygen atoms in total. The summed E-state index contributed by atoms with van der Waals surface area (Å²) in [6, 6.07) is 9.61. The van der Waals surface area contributed by atoms with E-state index in [-0.39, 0.29) is 17.3 Å². The van der Waals surface area contributed by atoms with Gasteiger partial charge in [0.05, 0.1) is 16.7 Å². The van der Waals surface area contributed by atoms with Crippen molar-refractivity contribution in [1.29, 1.82) is 0 Å². The Kier molecular flexibility index (Phi) is 4.85. The third-order valence-electron chi connectivity index (χ3n) is 3.81. The molecule has 1 amide bonds. The number of halogens is 2. The summed E-state index contributed by atoms with van der Waals surface area (Å²) < 4.78 is 30.9. The molecule has 3 aromatic heterocycles. The molecule has 1 aromatic carbocycles. The van der Waals surface area contributed by atoms with Crippen LogP contribution in [-0.2, 0) is 0 Å². The largest absolute Gasteiger partial charge is 0.433 e. The third-order valence-corrected chi connectivity index (χ3v) is 4.39. The number of nitrogens with zero attached hydrogens (tertiary/aromatic N) is 4. The summed E-state index contributed by atoms with van der Waals surface area (Å²) >= 11 is 1.30. The number of benzene rings is 1.